The van der Waals surface area contributed by atoms with E-state index in [1.807, 2.05) is 42.5 Å². The Labute approximate surface area is 148 Å². The van der Waals surface area contributed by atoms with Crippen LogP contribution in [-0.4, -0.2) is 12.1 Å². The molecule has 3 rings (SSSR count). The second-order valence-corrected chi connectivity index (χ2v) is 6.43. The van der Waals surface area contributed by atoms with E-state index in [-0.39, 0.29) is 5.43 Å². The van der Waals surface area contributed by atoms with Crippen LogP contribution in [-0.2, 0) is 6.42 Å². The Morgan fingerprint density at radius 2 is 1.80 bits per heavy atom. The van der Waals surface area contributed by atoms with Gasteiger partial charge < -0.3 is 9.72 Å². The minimum atomic E-state index is 0.0464. The van der Waals surface area contributed by atoms with Gasteiger partial charge in [0, 0.05) is 23.2 Å². The summed E-state index contributed by atoms with van der Waals surface area (Å²) in [6.07, 6.45) is 5.74. The molecular weight excluding hydrogens is 310 g/mol. The Bertz CT molecular complexity index is 897. The number of hydrogen-bond acceptors (Lipinski definition) is 2. The number of hydrogen-bond donors (Lipinski definition) is 1. The topological polar surface area (TPSA) is 42.1 Å². The molecule has 0 bridgehead atoms. The van der Waals surface area contributed by atoms with Crippen molar-refractivity contribution in [2.24, 2.45) is 0 Å². The Kier molecular flexibility index (Phi) is 5.54. The molecule has 1 N–H and O–H groups in total. The highest BCUT2D eigenvalue weighted by molar-refractivity contribution is 5.83. The number of aromatic nitrogens is 1. The smallest absolute Gasteiger partial charge is 0.190 e. The largest absolute Gasteiger partial charge is 0.496 e. The van der Waals surface area contributed by atoms with Gasteiger partial charge in [0.05, 0.1) is 12.6 Å². The van der Waals surface area contributed by atoms with Crippen LogP contribution >= 0.6 is 0 Å². The van der Waals surface area contributed by atoms with Gasteiger partial charge in [0.15, 0.2) is 5.43 Å². The number of aryl methyl sites for hydroxylation is 1. The predicted octanol–water partition coefficient (Wildman–Crippen LogP) is 5.33. The van der Waals surface area contributed by atoms with Gasteiger partial charge in [-0.1, -0.05) is 56.5 Å². The molecule has 0 radical (unpaired) electrons. The first-order chi connectivity index (χ1) is 12.2. The van der Waals surface area contributed by atoms with Gasteiger partial charge in [-0.25, -0.2) is 0 Å². The fourth-order valence-electron chi connectivity index (χ4n) is 3.22. The number of benzene rings is 2. The molecule has 3 heteroatoms. The highest BCUT2D eigenvalue weighted by Gasteiger charge is 2.10. The number of ether oxygens (including phenoxy) is 1. The van der Waals surface area contributed by atoms with Crippen LogP contribution in [0, 0.1) is 0 Å². The Balaban J connectivity index is 2.00. The minimum absolute atomic E-state index is 0.0464. The van der Waals surface area contributed by atoms with Crippen molar-refractivity contribution >= 4 is 10.9 Å². The lowest BCUT2D eigenvalue weighted by molar-refractivity contribution is 0.409. The molecule has 0 fully saturated rings. The first-order valence-electron chi connectivity index (χ1n) is 9.02. The second kappa shape index (κ2) is 8.02. The highest BCUT2D eigenvalue weighted by Crippen LogP contribution is 2.27. The zero-order valence-corrected chi connectivity index (χ0v) is 15.0. The van der Waals surface area contributed by atoms with Gasteiger partial charge in [0.1, 0.15) is 5.75 Å². The molecule has 0 aliphatic heterocycles. The van der Waals surface area contributed by atoms with Crippen LogP contribution in [0.15, 0.2) is 53.3 Å². The maximum Gasteiger partial charge on any atom is 0.190 e. The molecule has 130 valence electrons. The van der Waals surface area contributed by atoms with Crippen LogP contribution in [0.5, 0.6) is 5.75 Å². The molecule has 1 heterocycles. The summed E-state index contributed by atoms with van der Waals surface area (Å²) in [5.41, 5.74) is 3.81. The van der Waals surface area contributed by atoms with Crippen LogP contribution in [0.4, 0.5) is 0 Å². The number of fused-ring (bicyclic) bond motifs is 1. The van der Waals surface area contributed by atoms with Crippen molar-refractivity contribution in [1.82, 2.24) is 4.98 Å². The summed E-state index contributed by atoms with van der Waals surface area (Å²) >= 11 is 0. The molecule has 3 nitrogen and oxygen atoms in total. The molecule has 0 unspecified atom stereocenters. The first-order valence-corrected chi connectivity index (χ1v) is 9.02. The van der Waals surface area contributed by atoms with Crippen LogP contribution in [0.1, 0.15) is 38.2 Å². The summed E-state index contributed by atoms with van der Waals surface area (Å²) in [6, 6.07) is 15.5. The van der Waals surface area contributed by atoms with Gasteiger partial charge in [-0.2, -0.15) is 0 Å². The Morgan fingerprint density at radius 3 is 2.52 bits per heavy atom. The third kappa shape index (κ3) is 3.93. The average Bonchev–Trinajstić information content (AvgIpc) is 2.65. The van der Waals surface area contributed by atoms with Gasteiger partial charge in [0.2, 0.25) is 0 Å². The Morgan fingerprint density at radius 1 is 1.00 bits per heavy atom. The molecule has 0 atom stereocenters. The summed E-state index contributed by atoms with van der Waals surface area (Å²) in [5.74, 6) is 0.852. The summed E-state index contributed by atoms with van der Waals surface area (Å²) in [4.78, 5) is 16.0. The Hall–Kier alpha value is -2.55. The van der Waals surface area contributed by atoms with Crippen LogP contribution in [0.25, 0.3) is 22.2 Å². The van der Waals surface area contributed by atoms with Crippen molar-refractivity contribution in [2.45, 2.75) is 39.0 Å². The fraction of sp³-hybridized carbons (Fsp3) is 0.318. The zero-order chi connectivity index (χ0) is 17.6. The number of H-pyrrole nitrogens is 1. The molecule has 3 aromatic rings. The number of unbranched alkanes of at least 4 members (excludes halogenated alkanes) is 3. The SMILES string of the molecule is CCCCCCc1cc2c(=O)cc(-c3ccccc3)[nH]c2cc1OC. The van der Waals surface area contributed by atoms with Gasteiger partial charge in [-0.3, -0.25) is 4.79 Å². The second-order valence-electron chi connectivity index (χ2n) is 6.43. The van der Waals surface area contributed by atoms with E-state index in [9.17, 15) is 4.79 Å². The molecule has 0 amide bonds. The van der Waals surface area contributed by atoms with E-state index in [2.05, 4.69) is 11.9 Å². The van der Waals surface area contributed by atoms with Gasteiger partial charge >= 0.3 is 0 Å². The van der Waals surface area contributed by atoms with Gasteiger partial charge in [-0.15, -0.1) is 0 Å². The highest BCUT2D eigenvalue weighted by atomic mass is 16.5. The zero-order valence-electron chi connectivity index (χ0n) is 15.0. The number of aromatic amines is 1. The van der Waals surface area contributed by atoms with Gasteiger partial charge in [0.25, 0.3) is 0 Å². The summed E-state index contributed by atoms with van der Waals surface area (Å²) in [5, 5.41) is 0.728. The van der Waals surface area contributed by atoms with Crippen molar-refractivity contribution in [3.05, 3.63) is 64.3 Å². The lowest BCUT2D eigenvalue weighted by Crippen LogP contribution is -2.05. The van der Waals surface area contributed by atoms with Crippen LogP contribution in [0.2, 0.25) is 0 Å². The van der Waals surface area contributed by atoms with E-state index < -0.39 is 0 Å². The number of pyridine rings is 1. The lowest BCUT2D eigenvalue weighted by Gasteiger charge is -2.11. The van der Waals surface area contributed by atoms with Crippen molar-refractivity contribution < 1.29 is 4.74 Å². The van der Waals surface area contributed by atoms with Crippen molar-refractivity contribution in [3.8, 4) is 17.0 Å². The monoisotopic (exact) mass is 335 g/mol. The van der Waals surface area contributed by atoms with E-state index in [1.54, 1.807) is 13.2 Å². The summed E-state index contributed by atoms with van der Waals surface area (Å²) < 4.78 is 5.57. The molecule has 0 saturated heterocycles. The van der Waals surface area contributed by atoms with Crippen LogP contribution < -0.4 is 10.2 Å². The normalized spacial score (nSPS) is 11.0. The van der Waals surface area contributed by atoms with Crippen LogP contribution in [0.3, 0.4) is 0 Å². The third-order valence-corrected chi connectivity index (χ3v) is 4.62. The third-order valence-electron chi connectivity index (χ3n) is 4.62. The van der Waals surface area contributed by atoms with E-state index in [0.29, 0.717) is 0 Å². The standard InChI is InChI=1S/C22H25NO2/c1-3-4-5-7-12-17-13-18-20(15-22(17)25-2)23-19(14-21(18)24)16-10-8-6-9-11-16/h6,8-11,13-15H,3-5,7,12H2,1-2H3,(H,23,24). The maximum absolute atomic E-state index is 12.6. The van der Waals surface area contributed by atoms with E-state index in [1.165, 1.54) is 19.3 Å². The molecule has 25 heavy (non-hydrogen) atoms. The van der Waals surface area contributed by atoms with E-state index >= 15 is 0 Å². The lowest BCUT2D eigenvalue weighted by atomic mass is 10.0. The fourth-order valence-corrected chi connectivity index (χ4v) is 3.22. The van der Waals surface area contributed by atoms with E-state index in [0.717, 1.165) is 46.3 Å². The molecular formula is C22H25NO2. The summed E-state index contributed by atoms with van der Waals surface area (Å²) in [6.45, 7) is 2.21. The number of rotatable bonds is 7. The molecule has 1 aromatic heterocycles. The number of methoxy groups -OCH3 is 1. The maximum atomic E-state index is 12.6. The first kappa shape index (κ1) is 17.3. The average molecular weight is 335 g/mol. The molecule has 0 aliphatic rings. The number of nitrogens with one attached hydrogen (secondary N) is 1. The molecule has 0 saturated carbocycles. The summed E-state index contributed by atoms with van der Waals surface area (Å²) in [7, 11) is 1.69. The molecule has 0 spiro atoms. The quantitative estimate of drug-likeness (QED) is 0.593. The van der Waals surface area contributed by atoms with Crippen molar-refractivity contribution in [1.29, 1.82) is 0 Å². The predicted molar refractivity (Wildman–Crippen MR) is 104 cm³/mol. The van der Waals surface area contributed by atoms with Crippen molar-refractivity contribution in [3.63, 3.8) is 0 Å². The minimum Gasteiger partial charge on any atom is -0.496 e. The van der Waals surface area contributed by atoms with Crippen molar-refractivity contribution in [2.75, 3.05) is 7.11 Å². The van der Waals surface area contributed by atoms with Gasteiger partial charge in [-0.05, 0) is 30.0 Å². The van der Waals surface area contributed by atoms with E-state index in [4.69, 9.17) is 4.74 Å². The molecule has 2 aromatic carbocycles. The molecule has 0 aliphatic carbocycles.